The second kappa shape index (κ2) is 8.66. The molecule has 1 heterocycles. The van der Waals surface area contributed by atoms with Crippen molar-refractivity contribution in [3.05, 3.63) is 71.6 Å². The average Bonchev–Trinajstić information content (AvgIpc) is 3.17. The summed E-state index contributed by atoms with van der Waals surface area (Å²) >= 11 is 2.60. The number of rotatable bonds is 6. The van der Waals surface area contributed by atoms with Crippen molar-refractivity contribution < 1.29 is 9.59 Å². The number of carbonyl (C=O) groups is 2. The number of carbonyl (C=O) groups excluding carboxylic acids is 2. The first-order valence-corrected chi connectivity index (χ1v) is 9.60. The average molecular weight is 383 g/mol. The number of hydrogen-bond acceptors (Lipinski definition) is 5. The predicted octanol–water partition coefficient (Wildman–Crippen LogP) is 3.75. The zero-order chi connectivity index (χ0) is 18.4. The molecule has 2 amide bonds. The van der Waals surface area contributed by atoms with Gasteiger partial charge >= 0.3 is 0 Å². The van der Waals surface area contributed by atoms with Gasteiger partial charge in [0.1, 0.15) is 0 Å². The highest BCUT2D eigenvalue weighted by molar-refractivity contribution is 7.97. The molecule has 0 unspecified atom stereocenters. The molecule has 0 spiro atoms. The second-order valence-electron chi connectivity index (χ2n) is 5.44. The largest absolute Gasteiger partial charge is 0.343 e. The third kappa shape index (κ3) is 4.72. The van der Waals surface area contributed by atoms with Gasteiger partial charge in [0, 0.05) is 20.8 Å². The summed E-state index contributed by atoms with van der Waals surface area (Å²) in [6.07, 6.45) is 0. The fourth-order valence-electron chi connectivity index (χ4n) is 2.32. The number of nitrogens with one attached hydrogen (secondary N) is 2. The maximum absolute atomic E-state index is 12.2. The Balaban J connectivity index is 1.55. The van der Waals surface area contributed by atoms with Crippen LogP contribution in [0.2, 0.25) is 0 Å². The molecular weight excluding hydrogens is 366 g/mol. The Bertz CT molecular complexity index is 910. The number of anilines is 1. The molecule has 2 aromatic carbocycles. The summed E-state index contributed by atoms with van der Waals surface area (Å²) in [4.78, 5) is 26.1. The Hall–Kier alpha value is -2.61. The summed E-state index contributed by atoms with van der Waals surface area (Å²) in [6, 6.07) is 18.9. The van der Waals surface area contributed by atoms with Crippen molar-refractivity contribution >= 4 is 40.8 Å². The maximum Gasteiger partial charge on any atom is 0.252 e. The first-order chi connectivity index (χ1) is 12.7. The van der Waals surface area contributed by atoms with Gasteiger partial charge in [0.15, 0.2) is 0 Å². The zero-order valence-corrected chi connectivity index (χ0v) is 15.4. The minimum Gasteiger partial charge on any atom is -0.343 e. The summed E-state index contributed by atoms with van der Waals surface area (Å²) in [7, 11) is 0. The molecule has 1 aromatic heterocycles. The minimum atomic E-state index is -0.295. The van der Waals surface area contributed by atoms with E-state index in [0.717, 1.165) is 27.3 Å². The first-order valence-electron chi connectivity index (χ1n) is 7.84. The van der Waals surface area contributed by atoms with E-state index in [0.29, 0.717) is 11.3 Å². The van der Waals surface area contributed by atoms with Crippen LogP contribution in [0.3, 0.4) is 0 Å². The molecule has 3 aromatic rings. The number of amides is 2. The van der Waals surface area contributed by atoms with Gasteiger partial charge in [0.2, 0.25) is 5.91 Å². The SMILES string of the molecule is NSc1cccc(NC(=O)CNC(=O)c2csc(-c3ccccc3)c2)c1. The number of thiophene rings is 1. The summed E-state index contributed by atoms with van der Waals surface area (Å²) in [5.41, 5.74) is 2.25. The molecule has 0 aliphatic rings. The fraction of sp³-hybridized carbons (Fsp3) is 0.0526. The zero-order valence-electron chi connectivity index (χ0n) is 13.8. The minimum absolute atomic E-state index is 0.102. The van der Waals surface area contributed by atoms with Gasteiger partial charge in [0.25, 0.3) is 5.91 Å². The Morgan fingerprint density at radius 3 is 2.62 bits per heavy atom. The van der Waals surface area contributed by atoms with Crippen LogP contribution in [0.4, 0.5) is 5.69 Å². The lowest BCUT2D eigenvalue weighted by molar-refractivity contribution is -0.115. The van der Waals surface area contributed by atoms with Gasteiger partial charge in [0.05, 0.1) is 12.1 Å². The normalized spacial score (nSPS) is 10.3. The van der Waals surface area contributed by atoms with Crippen molar-refractivity contribution in [3.63, 3.8) is 0 Å². The van der Waals surface area contributed by atoms with Crippen LogP contribution in [-0.2, 0) is 4.79 Å². The van der Waals surface area contributed by atoms with Gasteiger partial charge < -0.3 is 10.6 Å². The van der Waals surface area contributed by atoms with Gasteiger partial charge in [-0.05, 0) is 41.8 Å². The Morgan fingerprint density at radius 1 is 1.04 bits per heavy atom. The van der Waals surface area contributed by atoms with Crippen LogP contribution in [0, 0.1) is 0 Å². The van der Waals surface area contributed by atoms with E-state index in [1.807, 2.05) is 42.5 Å². The second-order valence-corrected chi connectivity index (χ2v) is 7.06. The quantitative estimate of drug-likeness (QED) is 0.566. The van der Waals surface area contributed by atoms with Gasteiger partial charge in [-0.1, -0.05) is 36.4 Å². The highest BCUT2D eigenvalue weighted by Gasteiger charge is 2.11. The van der Waals surface area contributed by atoms with E-state index in [1.54, 1.807) is 23.6 Å². The van der Waals surface area contributed by atoms with E-state index >= 15 is 0 Å². The van der Waals surface area contributed by atoms with Crippen LogP contribution in [0.15, 0.2) is 70.9 Å². The summed E-state index contributed by atoms with van der Waals surface area (Å²) < 4.78 is 0. The van der Waals surface area contributed by atoms with Crippen LogP contribution < -0.4 is 15.8 Å². The van der Waals surface area contributed by atoms with E-state index in [9.17, 15) is 9.59 Å². The smallest absolute Gasteiger partial charge is 0.252 e. The molecule has 0 saturated heterocycles. The summed E-state index contributed by atoms with van der Waals surface area (Å²) in [5.74, 6) is -0.569. The predicted molar refractivity (Wildman–Crippen MR) is 107 cm³/mol. The lowest BCUT2D eigenvalue weighted by Crippen LogP contribution is -2.32. The van der Waals surface area contributed by atoms with Crippen molar-refractivity contribution in [2.45, 2.75) is 4.90 Å². The van der Waals surface area contributed by atoms with Crippen molar-refractivity contribution in [1.29, 1.82) is 0 Å². The standard InChI is InChI=1S/C19H17N3O2S2/c20-26-16-8-4-7-15(10-16)22-18(23)11-21-19(24)14-9-17(25-12-14)13-5-2-1-3-6-13/h1-10,12H,11,20H2,(H,21,24)(H,22,23). The summed E-state index contributed by atoms with van der Waals surface area (Å²) in [6.45, 7) is -0.102. The fourth-order valence-corrected chi connectivity index (χ4v) is 3.57. The molecule has 0 bridgehead atoms. The van der Waals surface area contributed by atoms with Crippen molar-refractivity contribution in [3.8, 4) is 10.4 Å². The maximum atomic E-state index is 12.2. The molecule has 0 fully saturated rings. The highest BCUT2D eigenvalue weighted by atomic mass is 32.2. The van der Waals surface area contributed by atoms with E-state index < -0.39 is 0 Å². The van der Waals surface area contributed by atoms with E-state index in [-0.39, 0.29) is 18.4 Å². The lowest BCUT2D eigenvalue weighted by atomic mass is 10.1. The molecule has 0 aliphatic heterocycles. The van der Waals surface area contributed by atoms with E-state index in [1.165, 1.54) is 11.3 Å². The van der Waals surface area contributed by atoms with Crippen molar-refractivity contribution in [1.82, 2.24) is 5.32 Å². The van der Waals surface area contributed by atoms with Crippen LogP contribution in [0.25, 0.3) is 10.4 Å². The molecule has 26 heavy (non-hydrogen) atoms. The third-order valence-corrected chi connectivity index (χ3v) is 5.09. The Morgan fingerprint density at radius 2 is 1.85 bits per heavy atom. The van der Waals surface area contributed by atoms with E-state index in [2.05, 4.69) is 10.6 Å². The van der Waals surface area contributed by atoms with Gasteiger partial charge in [-0.3, -0.25) is 14.7 Å². The summed E-state index contributed by atoms with van der Waals surface area (Å²) in [5, 5.41) is 12.7. The van der Waals surface area contributed by atoms with Crippen molar-refractivity contribution in [2.75, 3.05) is 11.9 Å². The molecule has 3 rings (SSSR count). The molecule has 0 radical (unpaired) electrons. The first kappa shape index (κ1) is 18.2. The molecule has 7 heteroatoms. The van der Waals surface area contributed by atoms with Gasteiger partial charge in [-0.2, -0.15) is 0 Å². The highest BCUT2D eigenvalue weighted by Crippen LogP contribution is 2.26. The molecule has 5 nitrogen and oxygen atoms in total. The lowest BCUT2D eigenvalue weighted by Gasteiger charge is -2.07. The third-order valence-electron chi connectivity index (χ3n) is 3.58. The molecule has 4 N–H and O–H groups in total. The van der Waals surface area contributed by atoms with E-state index in [4.69, 9.17) is 5.14 Å². The van der Waals surface area contributed by atoms with Gasteiger partial charge in [-0.15, -0.1) is 11.3 Å². The van der Waals surface area contributed by atoms with Crippen molar-refractivity contribution in [2.24, 2.45) is 5.14 Å². The van der Waals surface area contributed by atoms with Crippen LogP contribution >= 0.6 is 23.3 Å². The molecule has 0 aliphatic carbocycles. The number of benzene rings is 2. The molecular formula is C19H17N3O2S2. The molecule has 0 atom stereocenters. The van der Waals surface area contributed by atoms with Crippen LogP contribution in [-0.4, -0.2) is 18.4 Å². The van der Waals surface area contributed by atoms with Crippen LogP contribution in [0.1, 0.15) is 10.4 Å². The monoisotopic (exact) mass is 383 g/mol. The molecule has 0 saturated carbocycles. The Labute approximate surface area is 159 Å². The molecule has 132 valence electrons. The number of hydrogen-bond donors (Lipinski definition) is 3. The van der Waals surface area contributed by atoms with Gasteiger partial charge in [-0.25, -0.2) is 0 Å². The van der Waals surface area contributed by atoms with Crippen LogP contribution in [0.5, 0.6) is 0 Å². The Kier molecular flexibility index (Phi) is 6.06. The number of nitrogens with two attached hydrogens (primary N) is 1. The topological polar surface area (TPSA) is 84.2 Å².